The van der Waals surface area contributed by atoms with Crippen LogP contribution < -0.4 is 0 Å². The molecule has 0 spiro atoms. The number of alkyl halides is 2. The Labute approximate surface area is 152 Å². The van der Waals surface area contributed by atoms with Gasteiger partial charge in [-0.2, -0.15) is 0 Å². The highest BCUT2D eigenvalue weighted by Gasteiger charge is 2.29. The summed E-state index contributed by atoms with van der Waals surface area (Å²) in [5, 5.41) is 4.23. The van der Waals surface area contributed by atoms with Gasteiger partial charge in [-0.1, -0.05) is 87.6 Å². The van der Waals surface area contributed by atoms with E-state index in [-0.39, 0.29) is 12.0 Å². The third-order valence-corrected chi connectivity index (χ3v) is 6.45. The average molecular weight is 515 g/mol. The molecule has 0 saturated carbocycles. The molecule has 0 amide bonds. The highest BCUT2D eigenvalue weighted by Crippen LogP contribution is 2.27. The summed E-state index contributed by atoms with van der Waals surface area (Å²) in [5.74, 6) is -0.427. The summed E-state index contributed by atoms with van der Waals surface area (Å²) in [4.78, 5) is 16.3. The van der Waals surface area contributed by atoms with Gasteiger partial charge in [0, 0.05) is 20.7 Å². The number of hydrogen-bond donors (Lipinski definition) is 0. The minimum Gasteiger partial charge on any atom is -0.466 e. The second kappa shape index (κ2) is 9.60. The Balaban J connectivity index is 2.89. The van der Waals surface area contributed by atoms with Gasteiger partial charge in [-0.05, 0) is 5.56 Å². The molecule has 0 unspecified atom stereocenters. The fourth-order valence-electron chi connectivity index (χ4n) is 1.56. The average Bonchev–Trinajstić information content (AvgIpc) is 2.53. The molecule has 0 radical (unpaired) electrons. The number of esters is 1. The fraction of sp³-hybridized carbons (Fsp3) is 0.467. The van der Waals surface area contributed by atoms with Crippen LogP contribution in [0.15, 0.2) is 35.5 Å². The molecule has 1 rings (SSSR count). The van der Waals surface area contributed by atoms with Gasteiger partial charge in [0.15, 0.2) is 0 Å². The van der Waals surface area contributed by atoms with Crippen LogP contribution in [-0.4, -0.2) is 34.3 Å². The molecule has 1 aromatic carbocycles. The fourth-order valence-corrected chi connectivity index (χ4v) is 4.01. The molecule has 0 fully saturated rings. The Morgan fingerprint density at radius 2 is 1.86 bits per heavy atom. The van der Waals surface area contributed by atoms with Crippen molar-refractivity contribution in [2.75, 3.05) is 22.6 Å². The first-order valence-electron chi connectivity index (χ1n) is 6.47. The third kappa shape index (κ3) is 6.09. The molecular formula is C15H19I2NO3. The first kappa shape index (κ1) is 18.7. The van der Waals surface area contributed by atoms with Crippen molar-refractivity contribution in [2.24, 2.45) is 10.6 Å². The molecule has 0 aliphatic heterocycles. The van der Waals surface area contributed by atoms with Gasteiger partial charge in [0.1, 0.15) is 0 Å². The van der Waals surface area contributed by atoms with E-state index in [9.17, 15) is 4.79 Å². The summed E-state index contributed by atoms with van der Waals surface area (Å²) in [5.41, 5.74) is 2.06. The Morgan fingerprint density at radius 1 is 1.24 bits per heavy atom. The van der Waals surface area contributed by atoms with Gasteiger partial charge < -0.3 is 9.57 Å². The lowest BCUT2D eigenvalue weighted by Crippen LogP contribution is -2.33. The standard InChI is InChI=1S/C15H19I2NO3/c1-15(10-16,11-17)13(18-21-9-14(19)20-2)8-12-6-4-3-5-7-12/h3-7H,8-11H2,1-2H3/b18-13-. The van der Waals surface area contributed by atoms with E-state index in [2.05, 4.69) is 74.1 Å². The number of halogens is 2. The summed E-state index contributed by atoms with van der Waals surface area (Å²) in [6.45, 7) is 2.00. The largest absolute Gasteiger partial charge is 0.466 e. The lowest BCUT2D eigenvalue weighted by molar-refractivity contribution is -0.145. The van der Waals surface area contributed by atoms with Crippen molar-refractivity contribution in [3.05, 3.63) is 35.9 Å². The molecular weight excluding hydrogens is 496 g/mol. The van der Waals surface area contributed by atoms with Crippen LogP contribution in [0.4, 0.5) is 0 Å². The number of carbonyl (C=O) groups excluding carboxylic acids is 1. The van der Waals surface area contributed by atoms with Gasteiger partial charge in [0.05, 0.1) is 12.8 Å². The molecule has 4 nitrogen and oxygen atoms in total. The van der Waals surface area contributed by atoms with Crippen LogP contribution in [0.25, 0.3) is 0 Å². The van der Waals surface area contributed by atoms with Crippen LogP contribution in [-0.2, 0) is 20.8 Å². The van der Waals surface area contributed by atoms with E-state index in [1.807, 2.05) is 18.2 Å². The maximum Gasteiger partial charge on any atom is 0.346 e. The summed E-state index contributed by atoms with van der Waals surface area (Å²) in [6, 6.07) is 10.1. The molecule has 0 heterocycles. The van der Waals surface area contributed by atoms with Crippen molar-refractivity contribution in [2.45, 2.75) is 13.3 Å². The zero-order valence-electron chi connectivity index (χ0n) is 12.1. The molecule has 0 aliphatic carbocycles. The van der Waals surface area contributed by atoms with Crippen LogP contribution in [0, 0.1) is 5.41 Å². The number of methoxy groups -OCH3 is 1. The lowest BCUT2D eigenvalue weighted by atomic mass is 9.86. The second-order valence-corrected chi connectivity index (χ2v) is 6.40. The zero-order valence-corrected chi connectivity index (χ0v) is 16.5. The lowest BCUT2D eigenvalue weighted by Gasteiger charge is -2.26. The van der Waals surface area contributed by atoms with Crippen molar-refractivity contribution in [3.8, 4) is 0 Å². The van der Waals surface area contributed by atoms with E-state index >= 15 is 0 Å². The molecule has 116 valence electrons. The van der Waals surface area contributed by atoms with Crippen molar-refractivity contribution in [1.82, 2.24) is 0 Å². The molecule has 1 aromatic rings. The van der Waals surface area contributed by atoms with E-state index in [0.717, 1.165) is 14.6 Å². The van der Waals surface area contributed by atoms with Crippen molar-refractivity contribution >= 4 is 56.9 Å². The van der Waals surface area contributed by atoms with Gasteiger partial charge >= 0.3 is 5.97 Å². The highest BCUT2D eigenvalue weighted by atomic mass is 127. The van der Waals surface area contributed by atoms with Gasteiger partial charge in [0.25, 0.3) is 0 Å². The smallest absolute Gasteiger partial charge is 0.346 e. The summed E-state index contributed by atoms with van der Waals surface area (Å²) in [6.07, 6.45) is 0.713. The monoisotopic (exact) mass is 515 g/mol. The number of rotatable bonds is 8. The quantitative estimate of drug-likeness (QED) is 0.175. The number of ether oxygens (including phenoxy) is 1. The van der Waals surface area contributed by atoms with Gasteiger partial charge in [-0.15, -0.1) is 0 Å². The molecule has 0 aliphatic rings. The topological polar surface area (TPSA) is 47.9 Å². The van der Waals surface area contributed by atoms with Crippen molar-refractivity contribution in [3.63, 3.8) is 0 Å². The van der Waals surface area contributed by atoms with Gasteiger partial charge in [-0.25, -0.2) is 4.79 Å². The van der Waals surface area contributed by atoms with E-state index in [1.165, 1.54) is 12.7 Å². The normalized spacial score (nSPS) is 12.1. The zero-order chi connectivity index (χ0) is 15.7. The predicted octanol–water partition coefficient (Wildman–Crippen LogP) is 3.65. The van der Waals surface area contributed by atoms with E-state index in [0.29, 0.717) is 6.42 Å². The number of carbonyl (C=O) groups is 1. The number of hydrogen-bond acceptors (Lipinski definition) is 4. The second-order valence-electron chi connectivity index (χ2n) is 4.88. The minimum atomic E-state index is -0.427. The number of nitrogens with zero attached hydrogens (tertiary/aromatic N) is 1. The Bertz CT molecular complexity index is 473. The Morgan fingerprint density at radius 3 is 2.38 bits per heavy atom. The Kier molecular flexibility index (Phi) is 8.53. The summed E-state index contributed by atoms with van der Waals surface area (Å²) >= 11 is 4.73. The Hall–Kier alpha value is -0.380. The molecule has 21 heavy (non-hydrogen) atoms. The molecule has 0 aromatic heterocycles. The van der Waals surface area contributed by atoms with E-state index < -0.39 is 5.97 Å². The number of oxime groups is 1. The summed E-state index contributed by atoms with van der Waals surface area (Å²) in [7, 11) is 1.33. The SMILES string of the molecule is COC(=O)CO/N=C(/Cc1ccccc1)C(C)(CI)CI. The van der Waals surface area contributed by atoms with E-state index in [1.54, 1.807) is 0 Å². The molecule has 0 saturated heterocycles. The van der Waals surface area contributed by atoms with Crippen molar-refractivity contribution in [1.29, 1.82) is 0 Å². The van der Waals surface area contributed by atoms with Gasteiger partial charge in [0.2, 0.25) is 6.61 Å². The van der Waals surface area contributed by atoms with Crippen LogP contribution in [0.3, 0.4) is 0 Å². The summed E-state index contributed by atoms with van der Waals surface area (Å²) < 4.78 is 6.42. The third-order valence-electron chi connectivity index (χ3n) is 3.09. The number of benzene rings is 1. The van der Waals surface area contributed by atoms with Crippen LogP contribution in [0.5, 0.6) is 0 Å². The molecule has 0 atom stereocenters. The molecule has 6 heteroatoms. The van der Waals surface area contributed by atoms with Crippen LogP contribution >= 0.6 is 45.2 Å². The molecule has 0 N–H and O–H groups in total. The van der Waals surface area contributed by atoms with Gasteiger partial charge in [-0.3, -0.25) is 0 Å². The molecule has 0 bridgehead atoms. The highest BCUT2D eigenvalue weighted by molar-refractivity contribution is 14.1. The maximum absolute atomic E-state index is 11.1. The van der Waals surface area contributed by atoms with Crippen LogP contribution in [0.1, 0.15) is 12.5 Å². The first-order chi connectivity index (χ1) is 10.1. The minimum absolute atomic E-state index is 0.0624. The van der Waals surface area contributed by atoms with Crippen LogP contribution in [0.2, 0.25) is 0 Å². The first-order valence-corrected chi connectivity index (χ1v) is 9.53. The maximum atomic E-state index is 11.1. The predicted molar refractivity (Wildman–Crippen MR) is 101 cm³/mol. The van der Waals surface area contributed by atoms with E-state index in [4.69, 9.17) is 4.84 Å². The van der Waals surface area contributed by atoms with Crippen molar-refractivity contribution < 1.29 is 14.4 Å².